The van der Waals surface area contributed by atoms with Gasteiger partial charge in [0, 0.05) is 62.7 Å². The maximum atomic E-state index is 14.5. The molecule has 0 saturated carbocycles. The Morgan fingerprint density at radius 3 is 2.37 bits per heavy atom. The number of carbonyl (C=O) groups excluding carboxylic acids is 3. The van der Waals surface area contributed by atoms with Crippen molar-refractivity contribution in [2.75, 3.05) is 26.2 Å². The van der Waals surface area contributed by atoms with Crippen LogP contribution in [0.5, 0.6) is 0 Å². The Kier molecular flexibility index (Phi) is 9.00. The summed E-state index contributed by atoms with van der Waals surface area (Å²) in [7, 11) is -1.74. The zero-order chi connectivity index (χ0) is 37.9. The first-order valence-electron chi connectivity index (χ1n) is 18.2. The normalized spacial score (nSPS) is 17.8. The molecular weight excluding hydrogens is 714 g/mol. The number of imide groups is 1. The highest BCUT2D eigenvalue weighted by molar-refractivity contribution is 6.70. The van der Waals surface area contributed by atoms with Gasteiger partial charge in [0.25, 0.3) is 11.8 Å². The van der Waals surface area contributed by atoms with E-state index in [4.69, 9.17) is 4.43 Å². The predicted octanol–water partition coefficient (Wildman–Crippen LogP) is 5.97. The van der Waals surface area contributed by atoms with Crippen molar-refractivity contribution in [1.82, 2.24) is 29.1 Å². The molecule has 5 aromatic rings. The fraction of sp³-hybridized carbons (Fsp3) is 0.350. The fourth-order valence-electron chi connectivity index (χ4n) is 8.14. The van der Waals surface area contributed by atoms with E-state index in [1.807, 2.05) is 18.2 Å². The molecule has 2 aromatic carbocycles. The lowest BCUT2D eigenvalue weighted by atomic mass is 9.96. The number of nitrogens with one attached hydrogen (secondary N) is 1. The van der Waals surface area contributed by atoms with Crippen molar-refractivity contribution in [3.8, 4) is 0 Å². The molecule has 6 heterocycles. The van der Waals surface area contributed by atoms with Gasteiger partial charge in [-0.05, 0) is 58.8 Å². The van der Waals surface area contributed by atoms with Gasteiger partial charge in [-0.25, -0.2) is 9.78 Å². The standard InChI is InChI=1S/C40H41F3N6O4Si/c1-39(2,3)54(28-9-5-4-6-10-28)53-24-25-12-15-46(16-13-25)38(52)48-18-17-47-23-30(29-20-27(40(41,42)43)19-26(22-48)35(29)47)33-34(37(51)45-36(33)50)31-21-44-32-11-7-8-14-49(31)32/h4-11,14,19-21,23,25,54H,12-13,15-18,22,24H2,1-3H3,(H,45,50,51). The first kappa shape index (κ1) is 35.8. The lowest BCUT2D eigenvalue weighted by molar-refractivity contribution is -0.137. The molecule has 3 aliphatic rings. The summed E-state index contributed by atoms with van der Waals surface area (Å²) in [5, 5.41) is 3.84. The number of imidazole rings is 1. The number of hydrogen-bond donors (Lipinski definition) is 1. The molecule has 1 N–H and O–H groups in total. The first-order valence-corrected chi connectivity index (χ1v) is 19.9. The third kappa shape index (κ3) is 6.51. The average Bonchev–Trinajstić information content (AvgIpc) is 3.77. The van der Waals surface area contributed by atoms with Crippen LogP contribution in [0.15, 0.2) is 79.3 Å². The van der Waals surface area contributed by atoms with Gasteiger partial charge in [-0.2, -0.15) is 13.2 Å². The van der Waals surface area contributed by atoms with Crippen molar-refractivity contribution in [1.29, 1.82) is 0 Å². The summed E-state index contributed by atoms with van der Waals surface area (Å²) in [4.78, 5) is 48.5. The molecule has 0 bridgehead atoms. The van der Waals surface area contributed by atoms with Crippen LogP contribution in [-0.2, 0) is 33.3 Å². The maximum absolute atomic E-state index is 14.5. The van der Waals surface area contributed by atoms with Gasteiger partial charge in [0.15, 0.2) is 0 Å². The number of alkyl halides is 3. The molecule has 0 aliphatic carbocycles. The molecule has 0 radical (unpaired) electrons. The Morgan fingerprint density at radius 2 is 1.65 bits per heavy atom. The Bertz CT molecular complexity index is 2320. The van der Waals surface area contributed by atoms with Gasteiger partial charge < -0.3 is 18.8 Å². The summed E-state index contributed by atoms with van der Waals surface area (Å²) in [5.74, 6) is -1.04. The number of amides is 4. The third-order valence-corrected chi connectivity index (χ3v) is 13.9. The monoisotopic (exact) mass is 754 g/mol. The van der Waals surface area contributed by atoms with Crippen LogP contribution >= 0.6 is 0 Å². The van der Waals surface area contributed by atoms with Crippen LogP contribution in [0.2, 0.25) is 5.04 Å². The second kappa shape index (κ2) is 13.6. The topological polar surface area (TPSA) is 101 Å². The van der Waals surface area contributed by atoms with Gasteiger partial charge in [-0.1, -0.05) is 57.2 Å². The van der Waals surface area contributed by atoms with Gasteiger partial charge in [-0.3, -0.25) is 19.3 Å². The molecule has 1 fully saturated rings. The smallest absolute Gasteiger partial charge is 0.415 e. The number of carbonyl (C=O) groups is 3. The van der Waals surface area contributed by atoms with Crippen LogP contribution in [0.4, 0.5) is 18.0 Å². The molecule has 1 saturated heterocycles. The Hall–Kier alpha value is -5.21. The number of nitrogens with zero attached hydrogens (tertiary/aromatic N) is 5. The largest absolute Gasteiger partial charge is 0.416 e. The summed E-state index contributed by atoms with van der Waals surface area (Å²) >= 11 is 0. The Balaban J connectivity index is 1.06. The number of likely N-dealkylation sites (tertiary alicyclic amines) is 1. The van der Waals surface area contributed by atoms with Gasteiger partial charge >= 0.3 is 12.2 Å². The van der Waals surface area contributed by atoms with Gasteiger partial charge in [0.2, 0.25) is 9.04 Å². The van der Waals surface area contributed by atoms with E-state index in [0.717, 1.165) is 25.0 Å². The highest BCUT2D eigenvalue weighted by Crippen LogP contribution is 2.41. The van der Waals surface area contributed by atoms with Crippen LogP contribution in [0, 0.1) is 5.92 Å². The van der Waals surface area contributed by atoms with E-state index in [2.05, 4.69) is 43.2 Å². The van der Waals surface area contributed by atoms with Crippen LogP contribution in [0.3, 0.4) is 0 Å². The van der Waals surface area contributed by atoms with E-state index in [-0.39, 0.29) is 52.8 Å². The minimum Gasteiger partial charge on any atom is -0.415 e. The maximum Gasteiger partial charge on any atom is 0.416 e. The lowest BCUT2D eigenvalue weighted by Gasteiger charge is -2.37. The number of benzene rings is 2. The van der Waals surface area contributed by atoms with E-state index < -0.39 is 32.6 Å². The summed E-state index contributed by atoms with van der Waals surface area (Å²) in [6.07, 6.45) is 1.68. The number of rotatable bonds is 6. The Morgan fingerprint density at radius 1 is 0.926 bits per heavy atom. The molecule has 0 spiro atoms. The lowest BCUT2D eigenvalue weighted by Crippen LogP contribution is -2.48. The van der Waals surface area contributed by atoms with Crippen molar-refractivity contribution < 1.29 is 32.0 Å². The van der Waals surface area contributed by atoms with Crippen molar-refractivity contribution in [2.24, 2.45) is 5.92 Å². The highest BCUT2D eigenvalue weighted by Gasteiger charge is 2.39. The molecule has 14 heteroatoms. The molecule has 3 aliphatic heterocycles. The number of fused-ring (bicyclic) bond motifs is 1. The molecule has 1 unspecified atom stereocenters. The van der Waals surface area contributed by atoms with Gasteiger partial charge in [0.1, 0.15) is 5.65 Å². The second-order valence-electron chi connectivity index (χ2n) is 15.5. The zero-order valence-electron chi connectivity index (χ0n) is 30.3. The number of halogens is 3. The van der Waals surface area contributed by atoms with Gasteiger partial charge in [-0.15, -0.1) is 0 Å². The van der Waals surface area contributed by atoms with E-state index in [1.165, 1.54) is 11.4 Å². The number of aromatic nitrogens is 3. The molecular formula is C40H41F3N6O4Si. The van der Waals surface area contributed by atoms with Crippen molar-refractivity contribution in [3.05, 3.63) is 102 Å². The zero-order valence-corrected chi connectivity index (χ0v) is 31.5. The fourth-order valence-corrected chi connectivity index (χ4v) is 10.9. The minimum atomic E-state index is -4.70. The summed E-state index contributed by atoms with van der Waals surface area (Å²) in [6, 6.07) is 17.6. The third-order valence-electron chi connectivity index (χ3n) is 10.8. The molecule has 3 aromatic heterocycles. The number of pyridine rings is 1. The molecule has 1 atom stereocenters. The van der Waals surface area contributed by atoms with Gasteiger partial charge in [0.05, 0.1) is 34.1 Å². The summed E-state index contributed by atoms with van der Waals surface area (Å²) in [5.41, 5.74) is 1.06. The van der Waals surface area contributed by atoms with Crippen molar-refractivity contribution >= 4 is 59.8 Å². The SMILES string of the molecule is CC(C)(C)[SiH](OCC1CCN(C(=O)N2CCn3cc(C4=C(c5cnc6ccccn56)C(=O)NC4=O)c4cc(C(F)(F)F)cc(c43)C2)CC1)c1ccccc1. The molecule has 280 valence electrons. The quantitative estimate of drug-likeness (QED) is 0.170. The van der Waals surface area contributed by atoms with Crippen molar-refractivity contribution in [2.45, 2.75) is 57.9 Å². The average molecular weight is 755 g/mol. The first-order chi connectivity index (χ1) is 25.8. The number of hydrogen-bond acceptors (Lipinski definition) is 5. The summed E-state index contributed by atoms with van der Waals surface area (Å²) < 4.78 is 53.5. The van der Waals surface area contributed by atoms with Crippen LogP contribution in [0.1, 0.15) is 56.0 Å². The van der Waals surface area contributed by atoms with Crippen LogP contribution in [-0.4, -0.2) is 76.9 Å². The Labute approximate surface area is 311 Å². The number of piperidine rings is 1. The molecule has 4 amide bonds. The molecule has 10 nitrogen and oxygen atoms in total. The minimum absolute atomic E-state index is 0.0136. The van der Waals surface area contributed by atoms with E-state index in [9.17, 15) is 27.6 Å². The summed E-state index contributed by atoms with van der Waals surface area (Å²) in [6.45, 7) is 8.87. The molecule has 8 rings (SSSR count). The van der Waals surface area contributed by atoms with E-state index in [0.29, 0.717) is 48.0 Å². The van der Waals surface area contributed by atoms with Crippen molar-refractivity contribution in [3.63, 3.8) is 0 Å². The highest BCUT2D eigenvalue weighted by atomic mass is 28.3. The molecule has 54 heavy (non-hydrogen) atoms. The van der Waals surface area contributed by atoms with E-state index >= 15 is 0 Å². The van der Waals surface area contributed by atoms with Crippen LogP contribution < -0.4 is 10.5 Å². The second-order valence-corrected chi connectivity index (χ2v) is 19.0. The van der Waals surface area contributed by atoms with Crippen LogP contribution in [0.25, 0.3) is 27.7 Å². The predicted molar refractivity (Wildman–Crippen MR) is 201 cm³/mol. The van der Waals surface area contributed by atoms with E-state index in [1.54, 1.807) is 49.4 Å². The number of urea groups is 1.